The Bertz CT molecular complexity index is 1020. The number of ether oxygens (including phenoxy) is 1. The van der Waals surface area contributed by atoms with Gasteiger partial charge in [0.05, 0.1) is 23.9 Å². The Labute approximate surface area is 201 Å². The summed E-state index contributed by atoms with van der Waals surface area (Å²) in [6.07, 6.45) is 1.63. The van der Waals surface area contributed by atoms with E-state index in [1.54, 1.807) is 16.5 Å². The zero-order chi connectivity index (χ0) is 24.9. The number of carbonyl (C=O) groups is 3. The van der Waals surface area contributed by atoms with Crippen LogP contribution in [0.4, 0.5) is 5.82 Å². The maximum Gasteiger partial charge on any atom is 0.310 e. The number of carbonyl (C=O) groups excluding carboxylic acids is 3. The van der Waals surface area contributed by atoms with Gasteiger partial charge in [-0.1, -0.05) is 38.5 Å². The van der Waals surface area contributed by atoms with Crippen LogP contribution in [0.15, 0.2) is 30.3 Å². The number of hydrogen-bond acceptors (Lipinski definition) is 5. The zero-order valence-corrected chi connectivity index (χ0v) is 20.9. The maximum atomic E-state index is 12.8. The summed E-state index contributed by atoms with van der Waals surface area (Å²) in [5.74, 6) is -0.331. The Hall–Kier alpha value is -3.16. The van der Waals surface area contributed by atoms with Gasteiger partial charge in [0, 0.05) is 37.4 Å². The number of anilines is 1. The third kappa shape index (κ3) is 6.46. The Morgan fingerprint density at radius 3 is 2.50 bits per heavy atom. The third-order valence-electron chi connectivity index (χ3n) is 5.98. The van der Waals surface area contributed by atoms with Crippen molar-refractivity contribution in [2.24, 2.45) is 5.92 Å². The van der Waals surface area contributed by atoms with Crippen LogP contribution in [-0.4, -0.2) is 52.2 Å². The van der Waals surface area contributed by atoms with Crippen molar-refractivity contribution in [2.75, 3.05) is 25.0 Å². The van der Waals surface area contributed by atoms with Crippen molar-refractivity contribution >= 4 is 23.6 Å². The van der Waals surface area contributed by atoms with E-state index >= 15 is 0 Å². The molecule has 184 valence electrons. The average Bonchev–Trinajstić information content (AvgIpc) is 3.22. The van der Waals surface area contributed by atoms with Crippen molar-refractivity contribution < 1.29 is 19.1 Å². The molecule has 0 aliphatic carbocycles. The number of nitrogens with zero attached hydrogens (tertiary/aromatic N) is 3. The second-order valence-corrected chi connectivity index (χ2v) is 9.89. The van der Waals surface area contributed by atoms with Crippen LogP contribution >= 0.6 is 0 Å². The van der Waals surface area contributed by atoms with Gasteiger partial charge in [-0.2, -0.15) is 5.10 Å². The van der Waals surface area contributed by atoms with Gasteiger partial charge >= 0.3 is 5.97 Å². The lowest BCUT2D eigenvalue weighted by molar-refractivity contribution is -0.151. The van der Waals surface area contributed by atoms with Crippen LogP contribution in [0.5, 0.6) is 0 Å². The van der Waals surface area contributed by atoms with E-state index in [0.29, 0.717) is 25.5 Å². The molecule has 0 radical (unpaired) electrons. The molecule has 1 saturated heterocycles. The number of hydrogen-bond donors (Lipinski definition) is 1. The van der Waals surface area contributed by atoms with Crippen LogP contribution in [0.3, 0.4) is 0 Å². The van der Waals surface area contributed by atoms with E-state index in [9.17, 15) is 14.4 Å². The fourth-order valence-electron chi connectivity index (χ4n) is 3.96. The van der Waals surface area contributed by atoms with E-state index in [1.807, 2.05) is 37.3 Å². The van der Waals surface area contributed by atoms with Crippen molar-refractivity contribution in [1.29, 1.82) is 0 Å². The molecule has 1 aromatic carbocycles. The molecule has 0 spiro atoms. The Balaban J connectivity index is 1.64. The van der Waals surface area contributed by atoms with Gasteiger partial charge in [0.2, 0.25) is 11.8 Å². The summed E-state index contributed by atoms with van der Waals surface area (Å²) >= 11 is 0. The molecule has 0 saturated carbocycles. The maximum absolute atomic E-state index is 12.8. The number of benzene rings is 1. The Kier molecular flexibility index (Phi) is 8.12. The van der Waals surface area contributed by atoms with Crippen LogP contribution in [0.25, 0.3) is 5.69 Å². The summed E-state index contributed by atoms with van der Waals surface area (Å²) in [6.45, 7) is 11.3. The van der Waals surface area contributed by atoms with Crippen molar-refractivity contribution in [3.05, 3.63) is 41.6 Å². The normalized spacial score (nSPS) is 16.3. The molecule has 2 heterocycles. The molecule has 1 unspecified atom stereocenters. The first kappa shape index (κ1) is 25.5. The van der Waals surface area contributed by atoms with Crippen molar-refractivity contribution in [2.45, 2.75) is 65.7 Å². The van der Waals surface area contributed by atoms with Crippen molar-refractivity contribution in [1.82, 2.24) is 14.7 Å². The van der Waals surface area contributed by atoms with E-state index in [4.69, 9.17) is 9.84 Å². The smallest absolute Gasteiger partial charge is 0.310 e. The summed E-state index contributed by atoms with van der Waals surface area (Å²) in [4.78, 5) is 39.2. The predicted octanol–water partition coefficient (Wildman–Crippen LogP) is 4.00. The Morgan fingerprint density at radius 2 is 1.85 bits per heavy atom. The van der Waals surface area contributed by atoms with Crippen LogP contribution in [0.1, 0.15) is 64.6 Å². The monoisotopic (exact) mass is 468 g/mol. The molecule has 3 rings (SSSR count). The first-order chi connectivity index (χ1) is 16.1. The van der Waals surface area contributed by atoms with Gasteiger partial charge in [-0.15, -0.1) is 0 Å². The molecule has 8 heteroatoms. The number of aryl methyl sites for hydroxylation is 1. The number of likely N-dealkylation sites (tertiary alicyclic amines) is 1. The van der Waals surface area contributed by atoms with E-state index in [-0.39, 0.29) is 42.0 Å². The summed E-state index contributed by atoms with van der Waals surface area (Å²) in [7, 11) is 0. The standard InChI is InChI=1S/C26H36N4O4/c1-6-34-25(33)19-8-7-15-29(17-19)24(32)14-13-23(31)27-22-16-21(26(3,4)5)28-30(22)20-11-9-18(2)10-12-20/h9-12,16,19H,6-8,13-15,17H2,1-5H3,(H,27,31). The highest BCUT2D eigenvalue weighted by Gasteiger charge is 2.29. The number of aromatic nitrogens is 2. The van der Waals surface area contributed by atoms with Gasteiger partial charge in [0.25, 0.3) is 0 Å². The van der Waals surface area contributed by atoms with Gasteiger partial charge in [-0.25, -0.2) is 4.68 Å². The van der Waals surface area contributed by atoms with Crippen molar-refractivity contribution in [3.8, 4) is 5.69 Å². The van der Waals surface area contributed by atoms with E-state index < -0.39 is 0 Å². The molecule has 1 aromatic heterocycles. The molecule has 1 fully saturated rings. The summed E-state index contributed by atoms with van der Waals surface area (Å²) in [6, 6.07) is 9.81. The number of nitrogens with one attached hydrogen (secondary N) is 1. The first-order valence-electron chi connectivity index (χ1n) is 12.0. The van der Waals surface area contributed by atoms with Gasteiger partial charge < -0.3 is 15.0 Å². The van der Waals surface area contributed by atoms with Crippen LogP contribution in [0, 0.1) is 12.8 Å². The molecular weight excluding hydrogens is 432 g/mol. The fourth-order valence-corrected chi connectivity index (χ4v) is 3.96. The lowest BCUT2D eigenvalue weighted by atomic mass is 9.92. The predicted molar refractivity (Wildman–Crippen MR) is 131 cm³/mol. The minimum atomic E-state index is -0.286. The molecule has 1 aliphatic heterocycles. The molecule has 0 bridgehead atoms. The number of esters is 1. The summed E-state index contributed by atoms with van der Waals surface area (Å²) < 4.78 is 6.84. The van der Waals surface area contributed by atoms with Crippen molar-refractivity contribution in [3.63, 3.8) is 0 Å². The molecule has 8 nitrogen and oxygen atoms in total. The second kappa shape index (κ2) is 10.8. The van der Waals surface area contributed by atoms with Crippen LogP contribution in [-0.2, 0) is 24.5 Å². The molecule has 1 atom stereocenters. The van der Waals surface area contributed by atoms with Crippen LogP contribution < -0.4 is 5.32 Å². The molecule has 1 aliphatic rings. The second-order valence-electron chi connectivity index (χ2n) is 9.89. The highest BCUT2D eigenvalue weighted by atomic mass is 16.5. The fraction of sp³-hybridized carbons (Fsp3) is 0.538. The molecule has 1 N–H and O–H groups in total. The minimum absolute atomic E-state index is 0.0589. The molecule has 2 amide bonds. The van der Waals surface area contributed by atoms with E-state index in [0.717, 1.165) is 29.8 Å². The largest absolute Gasteiger partial charge is 0.466 e. The SMILES string of the molecule is CCOC(=O)C1CCCN(C(=O)CCC(=O)Nc2cc(C(C)(C)C)nn2-c2ccc(C)cc2)C1. The first-order valence-corrected chi connectivity index (χ1v) is 12.0. The lowest BCUT2D eigenvalue weighted by Gasteiger charge is -2.31. The zero-order valence-electron chi connectivity index (χ0n) is 20.9. The highest BCUT2D eigenvalue weighted by Crippen LogP contribution is 2.27. The average molecular weight is 469 g/mol. The van der Waals surface area contributed by atoms with E-state index in [2.05, 4.69) is 26.1 Å². The van der Waals surface area contributed by atoms with Gasteiger partial charge in [-0.05, 0) is 38.8 Å². The third-order valence-corrected chi connectivity index (χ3v) is 5.98. The quantitative estimate of drug-likeness (QED) is 0.620. The van der Waals surface area contributed by atoms with Gasteiger partial charge in [0.1, 0.15) is 5.82 Å². The number of amides is 2. The topological polar surface area (TPSA) is 93.5 Å². The molecule has 2 aromatic rings. The van der Waals surface area contributed by atoms with Crippen LogP contribution in [0.2, 0.25) is 0 Å². The lowest BCUT2D eigenvalue weighted by Crippen LogP contribution is -2.43. The summed E-state index contributed by atoms with van der Waals surface area (Å²) in [5, 5.41) is 7.66. The van der Waals surface area contributed by atoms with E-state index in [1.165, 1.54) is 0 Å². The number of rotatable bonds is 7. The summed E-state index contributed by atoms with van der Waals surface area (Å²) in [5.41, 5.74) is 2.66. The number of piperidine rings is 1. The van der Waals surface area contributed by atoms with Gasteiger partial charge in [-0.3, -0.25) is 14.4 Å². The Morgan fingerprint density at radius 1 is 1.15 bits per heavy atom. The molecular formula is C26H36N4O4. The highest BCUT2D eigenvalue weighted by molar-refractivity contribution is 5.93. The van der Waals surface area contributed by atoms with Gasteiger partial charge in [0.15, 0.2) is 0 Å². The molecule has 34 heavy (non-hydrogen) atoms. The minimum Gasteiger partial charge on any atom is -0.466 e.